The Morgan fingerprint density at radius 3 is 2.52 bits per heavy atom. The van der Waals surface area contributed by atoms with Crippen LogP contribution in [0, 0.1) is 0 Å². The number of benzene rings is 2. The number of nitrogens with one attached hydrogen (secondary N) is 1. The maximum atomic E-state index is 12.6. The van der Waals surface area contributed by atoms with E-state index in [-0.39, 0.29) is 17.2 Å². The minimum absolute atomic E-state index is 0.0604. The van der Waals surface area contributed by atoms with E-state index in [0.717, 1.165) is 12.0 Å². The van der Waals surface area contributed by atoms with Crippen molar-refractivity contribution in [1.29, 1.82) is 0 Å². The molecule has 0 unspecified atom stereocenters. The number of nitrogens with zero attached hydrogens (tertiary/aromatic N) is 3. The first kappa shape index (κ1) is 18.5. The summed E-state index contributed by atoms with van der Waals surface area (Å²) in [5, 5.41) is 9.35. The zero-order valence-electron chi connectivity index (χ0n) is 15.4. The van der Waals surface area contributed by atoms with Crippen LogP contribution < -0.4 is 11.0 Å². The van der Waals surface area contributed by atoms with Gasteiger partial charge in [0.05, 0.1) is 5.39 Å². The van der Waals surface area contributed by atoms with Gasteiger partial charge < -0.3 is 0 Å². The van der Waals surface area contributed by atoms with E-state index in [2.05, 4.69) is 15.6 Å². The maximum absolute atomic E-state index is 12.6. The van der Waals surface area contributed by atoms with Gasteiger partial charge in [0, 0.05) is 24.1 Å². The molecule has 138 valence electrons. The molecular weight excluding hydrogens is 340 g/mol. The molecule has 1 atom stereocenters. The highest BCUT2D eigenvalue weighted by Crippen LogP contribution is 2.14. The number of hydrogen-bond donors (Lipinski definition) is 1. The van der Waals surface area contributed by atoms with Crippen molar-refractivity contribution >= 4 is 22.9 Å². The molecule has 0 aliphatic carbocycles. The summed E-state index contributed by atoms with van der Waals surface area (Å²) in [6.07, 6.45) is 2.43. The lowest BCUT2D eigenvalue weighted by Crippen LogP contribution is -2.29. The predicted molar refractivity (Wildman–Crippen MR) is 107 cm³/mol. The molecule has 0 aliphatic heterocycles. The molecular formula is C21H22N4O2. The third-order valence-electron chi connectivity index (χ3n) is 4.31. The minimum Gasteiger partial charge on any atom is -0.267 e. The number of aromatic nitrogens is 2. The second kappa shape index (κ2) is 8.40. The number of carbonyl (C=O) groups excluding carboxylic acids is 1. The van der Waals surface area contributed by atoms with Crippen LogP contribution in [0.3, 0.4) is 0 Å². The molecule has 2 aromatic carbocycles. The van der Waals surface area contributed by atoms with E-state index >= 15 is 0 Å². The lowest BCUT2D eigenvalue weighted by molar-refractivity contribution is 0.0949. The zero-order chi connectivity index (χ0) is 19.2. The topological polar surface area (TPSA) is 76.3 Å². The van der Waals surface area contributed by atoms with Gasteiger partial charge >= 0.3 is 0 Å². The minimum atomic E-state index is -0.437. The van der Waals surface area contributed by atoms with Crippen LogP contribution in [0.25, 0.3) is 10.8 Å². The number of carbonyl (C=O) groups is 1. The van der Waals surface area contributed by atoms with Crippen LogP contribution >= 0.6 is 0 Å². The lowest BCUT2D eigenvalue weighted by Gasteiger charge is -2.09. The van der Waals surface area contributed by atoms with Gasteiger partial charge in [0.2, 0.25) is 0 Å². The summed E-state index contributed by atoms with van der Waals surface area (Å²) >= 11 is 0. The molecule has 1 heterocycles. The molecule has 3 aromatic rings. The fourth-order valence-electron chi connectivity index (χ4n) is 2.87. The van der Waals surface area contributed by atoms with E-state index in [1.165, 1.54) is 4.68 Å². The summed E-state index contributed by atoms with van der Waals surface area (Å²) in [6.45, 7) is 4.41. The Hall–Kier alpha value is -3.28. The molecule has 1 aromatic heterocycles. The number of rotatable bonds is 6. The molecule has 1 amide bonds. The molecule has 6 heteroatoms. The van der Waals surface area contributed by atoms with Crippen molar-refractivity contribution in [3.63, 3.8) is 0 Å². The van der Waals surface area contributed by atoms with E-state index in [1.54, 1.807) is 30.5 Å². The Kier molecular flexibility index (Phi) is 5.76. The van der Waals surface area contributed by atoms with E-state index < -0.39 is 5.91 Å². The van der Waals surface area contributed by atoms with Gasteiger partial charge in [-0.1, -0.05) is 62.4 Å². The zero-order valence-corrected chi connectivity index (χ0v) is 15.4. The normalized spacial score (nSPS) is 12.4. The lowest BCUT2D eigenvalue weighted by atomic mass is 10.0. The van der Waals surface area contributed by atoms with Gasteiger partial charge in [-0.2, -0.15) is 10.2 Å². The highest BCUT2D eigenvalue weighted by Gasteiger charge is 2.16. The van der Waals surface area contributed by atoms with Gasteiger partial charge in [0.25, 0.3) is 11.5 Å². The van der Waals surface area contributed by atoms with Gasteiger partial charge in [0.1, 0.15) is 0 Å². The predicted octanol–water partition coefficient (Wildman–Crippen LogP) is 3.33. The Morgan fingerprint density at radius 2 is 1.81 bits per heavy atom. The Labute approximate surface area is 157 Å². The Bertz CT molecular complexity index is 1030. The molecule has 6 nitrogen and oxygen atoms in total. The fraction of sp³-hybridized carbons (Fsp3) is 0.238. The van der Waals surface area contributed by atoms with Gasteiger partial charge in [-0.05, 0) is 18.1 Å². The van der Waals surface area contributed by atoms with Crippen molar-refractivity contribution in [1.82, 2.24) is 15.2 Å². The largest absolute Gasteiger partial charge is 0.292 e. The molecule has 0 radical (unpaired) electrons. The molecule has 0 fully saturated rings. The first-order chi connectivity index (χ1) is 13.1. The summed E-state index contributed by atoms with van der Waals surface area (Å²) in [4.78, 5) is 25.1. The highest BCUT2D eigenvalue weighted by molar-refractivity contribution is 6.04. The third-order valence-corrected chi connectivity index (χ3v) is 4.31. The molecule has 3 rings (SSSR count). The standard InChI is InChI=1S/C21H22N4O2/c1-3-13-25-21(27)18-12-8-7-11-17(18)19(24-25)20(26)23-22-14-15(2)16-9-5-4-6-10-16/h4-12,14-15H,3,13H2,1-2H3,(H,23,26)/b22-14-/t15-/m1/s1. The molecule has 0 spiro atoms. The van der Waals surface area contributed by atoms with Crippen LogP contribution in [0.15, 0.2) is 64.5 Å². The Morgan fingerprint density at radius 1 is 1.15 bits per heavy atom. The van der Waals surface area contributed by atoms with E-state index in [4.69, 9.17) is 0 Å². The summed E-state index contributed by atoms with van der Waals surface area (Å²) in [6, 6.07) is 16.9. The van der Waals surface area contributed by atoms with Gasteiger partial charge in [-0.3, -0.25) is 9.59 Å². The SMILES string of the molecule is CCCn1nc(C(=O)N/N=C\[C@@H](C)c2ccccc2)c2ccccc2c1=O. The molecule has 0 bridgehead atoms. The summed E-state index contributed by atoms with van der Waals surface area (Å²) in [5.41, 5.74) is 3.65. The average Bonchev–Trinajstić information content (AvgIpc) is 2.70. The number of aryl methyl sites for hydroxylation is 1. The second-order valence-corrected chi connectivity index (χ2v) is 6.34. The van der Waals surface area contributed by atoms with Crippen molar-refractivity contribution in [3.8, 4) is 0 Å². The average molecular weight is 362 g/mol. The number of amides is 1. The van der Waals surface area contributed by atoms with E-state index in [0.29, 0.717) is 17.3 Å². The third kappa shape index (κ3) is 4.11. The van der Waals surface area contributed by atoms with E-state index in [1.807, 2.05) is 44.2 Å². The number of hydrazone groups is 1. The second-order valence-electron chi connectivity index (χ2n) is 6.34. The van der Waals surface area contributed by atoms with Gasteiger partial charge in [-0.15, -0.1) is 0 Å². The maximum Gasteiger partial charge on any atom is 0.292 e. The van der Waals surface area contributed by atoms with Crippen LogP contribution in [-0.2, 0) is 6.54 Å². The van der Waals surface area contributed by atoms with Crippen molar-refractivity contribution in [2.24, 2.45) is 5.10 Å². The molecule has 1 N–H and O–H groups in total. The number of fused-ring (bicyclic) bond motifs is 1. The highest BCUT2D eigenvalue weighted by atomic mass is 16.2. The Balaban J connectivity index is 1.86. The van der Waals surface area contributed by atoms with Crippen LogP contribution in [0.4, 0.5) is 0 Å². The summed E-state index contributed by atoms with van der Waals surface area (Å²) in [7, 11) is 0. The van der Waals surface area contributed by atoms with Crippen molar-refractivity contribution in [2.45, 2.75) is 32.7 Å². The molecule has 0 saturated carbocycles. The molecule has 0 aliphatic rings. The summed E-state index contributed by atoms with van der Waals surface area (Å²) in [5.74, 6) is -0.377. The first-order valence-corrected chi connectivity index (χ1v) is 9.00. The van der Waals surface area contributed by atoms with Crippen molar-refractivity contribution in [3.05, 3.63) is 76.2 Å². The molecule has 0 saturated heterocycles. The van der Waals surface area contributed by atoms with E-state index in [9.17, 15) is 9.59 Å². The number of hydrogen-bond acceptors (Lipinski definition) is 4. The fourth-order valence-corrected chi connectivity index (χ4v) is 2.87. The van der Waals surface area contributed by atoms with Crippen molar-refractivity contribution in [2.75, 3.05) is 0 Å². The van der Waals surface area contributed by atoms with Crippen molar-refractivity contribution < 1.29 is 4.79 Å². The molecule has 27 heavy (non-hydrogen) atoms. The van der Waals surface area contributed by atoms with Crippen LogP contribution in [-0.4, -0.2) is 21.9 Å². The smallest absolute Gasteiger partial charge is 0.267 e. The monoisotopic (exact) mass is 362 g/mol. The summed E-state index contributed by atoms with van der Waals surface area (Å²) < 4.78 is 1.34. The quantitative estimate of drug-likeness (QED) is 0.540. The first-order valence-electron chi connectivity index (χ1n) is 9.00. The van der Waals surface area contributed by atoms with Crippen LogP contribution in [0.1, 0.15) is 42.2 Å². The van der Waals surface area contributed by atoms with Gasteiger partial charge in [0.15, 0.2) is 5.69 Å². The van der Waals surface area contributed by atoms with Gasteiger partial charge in [-0.25, -0.2) is 10.1 Å². The van der Waals surface area contributed by atoms with Crippen LogP contribution in [0.2, 0.25) is 0 Å². The van der Waals surface area contributed by atoms with Crippen LogP contribution in [0.5, 0.6) is 0 Å².